The maximum absolute atomic E-state index is 15.4. The first kappa shape index (κ1) is 34.3. The minimum atomic E-state index is -2.03. The zero-order valence-corrected chi connectivity index (χ0v) is 27.9. The summed E-state index contributed by atoms with van der Waals surface area (Å²) < 4.78 is 36.9. The van der Waals surface area contributed by atoms with Crippen LogP contribution in [0.2, 0.25) is 0 Å². The Labute approximate surface area is 273 Å². The van der Waals surface area contributed by atoms with Crippen molar-refractivity contribution in [1.29, 1.82) is 0 Å². The van der Waals surface area contributed by atoms with Gasteiger partial charge in [0.15, 0.2) is 5.60 Å². The number of rotatable bonds is 7. The Morgan fingerprint density at radius 1 is 0.851 bits per heavy atom. The fourth-order valence-electron chi connectivity index (χ4n) is 9.02. The van der Waals surface area contributed by atoms with E-state index in [4.69, 9.17) is 28.4 Å². The van der Waals surface area contributed by atoms with E-state index in [-0.39, 0.29) is 12.0 Å². The molecule has 12 nitrogen and oxygen atoms in total. The summed E-state index contributed by atoms with van der Waals surface area (Å²) in [4.78, 5) is 80.4. The molecule has 1 aromatic carbocycles. The largest absolute Gasteiger partial charge is 0.465 e. The lowest BCUT2D eigenvalue weighted by Gasteiger charge is -2.53. The van der Waals surface area contributed by atoms with Crippen LogP contribution in [0.3, 0.4) is 0 Å². The number of carbonyl (C=O) groups excluding carboxylic acids is 6. The summed E-state index contributed by atoms with van der Waals surface area (Å²) in [6, 6.07) is 8.11. The molecule has 2 saturated carbocycles. The van der Waals surface area contributed by atoms with Crippen LogP contribution in [0.5, 0.6) is 0 Å². The minimum absolute atomic E-state index is 0.0977. The van der Waals surface area contributed by atoms with Gasteiger partial charge < -0.3 is 28.4 Å². The normalized spacial score (nSPS) is 37.9. The molecule has 4 aliphatic rings. The van der Waals surface area contributed by atoms with Crippen LogP contribution in [0.1, 0.15) is 72.2 Å². The summed E-state index contributed by atoms with van der Waals surface area (Å²) in [5.74, 6) is -7.73. The lowest BCUT2D eigenvalue weighted by molar-refractivity contribution is -0.207. The maximum Gasteiger partial charge on any atom is 0.338 e. The van der Waals surface area contributed by atoms with Gasteiger partial charge in [-0.15, -0.1) is 0 Å². The number of hydrogen-bond acceptors (Lipinski definition) is 12. The monoisotopic (exact) mass is 654 g/mol. The highest BCUT2D eigenvalue weighted by molar-refractivity contribution is 5.99. The lowest BCUT2D eigenvalue weighted by Crippen LogP contribution is -2.64. The first-order chi connectivity index (χ1) is 21.9. The third-order valence-corrected chi connectivity index (χ3v) is 10.3. The van der Waals surface area contributed by atoms with Crippen molar-refractivity contribution in [2.75, 3.05) is 6.61 Å². The molecule has 3 aliphatic carbocycles. The molecule has 1 aromatic rings. The van der Waals surface area contributed by atoms with Crippen LogP contribution in [0.15, 0.2) is 42.5 Å². The third-order valence-electron chi connectivity index (χ3n) is 10.3. The highest BCUT2D eigenvalue weighted by Gasteiger charge is 2.82. The van der Waals surface area contributed by atoms with Gasteiger partial charge in [-0.25, -0.2) is 4.79 Å². The molecule has 1 aliphatic heterocycles. The molecule has 0 unspecified atom stereocenters. The van der Waals surface area contributed by atoms with Gasteiger partial charge in [-0.05, 0) is 44.9 Å². The van der Waals surface area contributed by atoms with Crippen molar-refractivity contribution >= 4 is 35.6 Å². The van der Waals surface area contributed by atoms with E-state index in [0.717, 1.165) is 6.92 Å². The van der Waals surface area contributed by atoms with Crippen LogP contribution in [0.25, 0.3) is 0 Å². The highest BCUT2D eigenvalue weighted by atomic mass is 16.6. The zero-order valence-electron chi connectivity index (χ0n) is 27.9. The van der Waals surface area contributed by atoms with Gasteiger partial charge in [0.1, 0.15) is 30.5 Å². The lowest BCUT2D eigenvalue weighted by atomic mass is 9.54. The molecule has 0 aromatic heterocycles. The van der Waals surface area contributed by atoms with Crippen molar-refractivity contribution in [3.63, 3.8) is 0 Å². The van der Waals surface area contributed by atoms with Crippen molar-refractivity contribution in [2.45, 2.75) is 96.9 Å². The van der Waals surface area contributed by atoms with Gasteiger partial charge in [0.2, 0.25) is 5.78 Å². The summed E-state index contributed by atoms with van der Waals surface area (Å²) in [5.41, 5.74) is -6.38. The van der Waals surface area contributed by atoms with Gasteiger partial charge >= 0.3 is 29.8 Å². The Kier molecular flexibility index (Phi) is 8.66. The van der Waals surface area contributed by atoms with Gasteiger partial charge in [0.25, 0.3) is 0 Å². The van der Waals surface area contributed by atoms with Gasteiger partial charge in [-0.2, -0.15) is 0 Å². The Balaban J connectivity index is 1.92. The molecule has 12 heteroatoms. The van der Waals surface area contributed by atoms with Crippen LogP contribution in [0.4, 0.5) is 0 Å². The molecule has 0 spiro atoms. The Morgan fingerprint density at radius 2 is 1.49 bits per heavy atom. The topological polar surface area (TPSA) is 158 Å². The van der Waals surface area contributed by atoms with Gasteiger partial charge in [0, 0.05) is 46.0 Å². The number of ether oxygens (including phenoxy) is 6. The third kappa shape index (κ3) is 5.44. The number of hydrogen-bond donors (Lipinski definition) is 0. The second-order valence-electron chi connectivity index (χ2n) is 13.9. The number of fused-ring (bicyclic) bond motifs is 1. The molecular formula is C35H42O12. The van der Waals surface area contributed by atoms with E-state index in [1.54, 1.807) is 70.2 Å². The van der Waals surface area contributed by atoms with E-state index in [1.165, 1.54) is 20.8 Å². The van der Waals surface area contributed by atoms with Crippen LogP contribution >= 0.6 is 0 Å². The smallest absolute Gasteiger partial charge is 0.338 e. The van der Waals surface area contributed by atoms with Crippen LogP contribution in [0, 0.1) is 29.1 Å². The van der Waals surface area contributed by atoms with Crippen LogP contribution < -0.4 is 0 Å². The summed E-state index contributed by atoms with van der Waals surface area (Å²) in [6.07, 6.45) is -0.538. The number of Topliss-reactive ketones (excluding diaryl/α,β-unsaturated/α-hetero) is 1. The Hall–Kier alpha value is -4.06. The summed E-state index contributed by atoms with van der Waals surface area (Å²) in [5, 5.41) is 0. The van der Waals surface area contributed by atoms with Crippen LogP contribution in [-0.2, 0) is 52.4 Å². The average molecular weight is 655 g/mol. The molecule has 10 atom stereocenters. The summed E-state index contributed by atoms with van der Waals surface area (Å²) in [7, 11) is 0. The van der Waals surface area contributed by atoms with Crippen molar-refractivity contribution in [1.82, 2.24) is 0 Å². The molecule has 5 rings (SSSR count). The second kappa shape index (κ2) is 11.9. The van der Waals surface area contributed by atoms with E-state index in [0.29, 0.717) is 0 Å². The zero-order chi connectivity index (χ0) is 34.7. The van der Waals surface area contributed by atoms with Crippen molar-refractivity contribution < 1.29 is 57.2 Å². The van der Waals surface area contributed by atoms with E-state index in [9.17, 15) is 24.0 Å². The van der Waals surface area contributed by atoms with Gasteiger partial charge in [-0.3, -0.25) is 24.0 Å². The Bertz CT molecular complexity index is 1520. The van der Waals surface area contributed by atoms with Crippen molar-refractivity contribution in [2.24, 2.45) is 29.1 Å². The molecule has 0 amide bonds. The predicted octanol–water partition coefficient (Wildman–Crippen LogP) is 3.54. The summed E-state index contributed by atoms with van der Waals surface area (Å²) in [6.45, 7) is 11.2. The number of benzene rings is 1. The number of carbonyl (C=O) groups is 6. The van der Waals surface area contributed by atoms with E-state index < -0.39 is 106 Å². The SMILES string of the molecule is CC(=O)OC[C@@]12[C@H](OC(=O)c3ccccc3)[C@H]3[C@@H](OC(C)=O)[C@@H](C)C[C@]3(OC(C)=O)C(=O)[C@@]3(C)OC(C)(C)[C@@H](C=C[C@H]1OC(C)=O)[C@H]23. The molecule has 0 N–H and O–H groups in total. The van der Waals surface area contributed by atoms with E-state index >= 15 is 4.79 Å². The summed E-state index contributed by atoms with van der Waals surface area (Å²) >= 11 is 0. The van der Waals surface area contributed by atoms with Gasteiger partial charge in [-0.1, -0.05) is 31.2 Å². The van der Waals surface area contributed by atoms with E-state index in [1.807, 2.05) is 0 Å². The second-order valence-corrected chi connectivity index (χ2v) is 13.9. The molecule has 47 heavy (non-hydrogen) atoms. The fraction of sp³-hybridized carbons (Fsp3) is 0.600. The number of esters is 5. The van der Waals surface area contributed by atoms with Gasteiger partial charge in [0.05, 0.1) is 22.5 Å². The van der Waals surface area contributed by atoms with Crippen molar-refractivity contribution in [3.05, 3.63) is 48.0 Å². The molecule has 1 saturated heterocycles. The average Bonchev–Trinajstić information content (AvgIpc) is 3.34. The van der Waals surface area contributed by atoms with Crippen molar-refractivity contribution in [3.8, 4) is 0 Å². The molecule has 0 bridgehead atoms. The minimum Gasteiger partial charge on any atom is -0.465 e. The fourth-order valence-corrected chi connectivity index (χ4v) is 9.02. The molecule has 0 radical (unpaired) electrons. The Morgan fingerprint density at radius 3 is 2.06 bits per heavy atom. The molecule has 3 fully saturated rings. The molecular weight excluding hydrogens is 612 g/mol. The molecule has 254 valence electrons. The van der Waals surface area contributed by atoms with E-state index in [2.05, 4.69) is 0 Å². The van der Waals surface area contributed by atoms with Crippen LogP contribution in [-0.4, -0.2) is 77.4 Å². The number of ketones is 1. The highest BCUT2D eigenvalue weighted by Crippen LogP contribution is 2.67. The predicted molar refractivity (Wildman–Crippen MR) is 162 cm³/mol. The first-order valence-corrected chi connectivity index (χ1v) is 15.8. The molecule has 1 heterocycles. The first-order valence-electron chi connectivity index (χ1n) is 15.8. The quantitative estimate of drug-likeness (QED) is 0.240. The maximum atomic E-state index is 15.4. The standard InChI is InChI=1S/C35H42O12/c1-18-16-35(46-22(5)39)26(27(18)44-21(4)38)29(45-30(40)23-12-10-9-11-13-23)34(17-42-19(2)36)25(43-20(3)37)15-14-24-28(34)33(8,31(35)41)47-32(24,6)7/h9-15,18,24-29H,16-17H2,1-8H3/t18-,24-,25+,26+,27-,28-,29+,33-,34+,35+/m0/s1.